The van der Waals surface area contributed by atoms with Gasteiger partial charge in [0, 0.05) is 0 Å². The van der Waals surface area contributed by atoms with Gasteiger partial charge in [-0.1, -0.05) is 47.0 Å². The molecule has 4 saturated carbocycles. The highest BCUT2D eigenvalue weighted by atomic mass is 14.6. The van der Waals surface area contributed by atoms with Crippen molar-refractivity contribution in [2.45, 2.75) is 85.5 Å². The molecule has 0 radical (unpaired) electrons. The summed E-state index contributed by atoms with van der Waals surface area (Å²) < 4.78 is 0. The van der Waals surface area contributed by atoms with Crippen molar-refractivity contribution in [3.05, 3.63) is 0 Å². The quantitative estimate of drug-likeness (QED) is 0.499. The van der Waals surface area contributed by atoms with Crippen LogP contribution in [0.5, 0.6) is 0 Å². The van der Waals surface area contributed by atoms with Crippen molar-refractivity contribution in [1.82, 2.24) is 0 Å². The van der Waals surface area contributed by atoms with Crippen LogP contribution < -0.4 is 0 Å². The van der Waals surface area contributed by atoms with Crippen LogP contribution in [0.15, 0.2) is 0 Å². The number of fused-ring (bicyclic) bond motifs is 3. The van der Waals surface area contributed by atoms with Gasteiger partial charge in [0.2, 0.25) is 0 Å². The zero-order chi connectivity index (χ0) is 16.1. The SMILES string of the molecule is CCC1CC2C(C)C3C[C@H](C)C3CCCC3CCC3CC2C1C. The van der Waals surface area contributed by atoms with E-state index < -0.39 is 0 Å². The van der Waals surface area contributed by atoms with E-state index in [1.165, 1.54) is 6.42 Å². The first kappa shape index (κ1) is 16.5. The van der Waals surface area contributed by atoms with Crippen molar-refractivity contribution in [1.29, 1.82) is 0 Å². The smallest absolute Gasteiger partial charge is 0.0352 e. The summed E-state index contributed by atoms with van der Waals surface area (Å²) in [5, 5.41) is 0. The predicted octanol–water partition coefficient (Wildman–Crippen LogP) is 6.79. The monoisotopic (exact) mass is 316 g/mol. The van der Waals surface area contributed by atoms with Crippen molar-refractivity contribution >= 4 is 0 Å². The Balaban J connectivity index is 1.58. The Hall–Kier alpha value is 0. The molecule has 4 fully saturated rings. The van der Waals surface area contributed by atoms with E-state index >= 15 is 0 Å². The van der Waals surface area contributed by atoms with Crippen LogP contribution in [0.1, 0.15) is 85.5 Å². The first-order valence-electron chi connectivity index (χ1n) is 11.1. The predicted molar refractivity (Wildman–Crippen MR) is 99.1 cm³/mol. The second kappa shape index (κ2) is 6.38. The van der Waals surface area contributed by atoms with E-state index in [0.717, 1.165) is 59.2 Å². The van der Waals surface area contributed by atoms with E-state index in [-0.39, 0.29) is 0 Å². The van der Waals surface area contributed by atoms with Crippen molar-refractivity contribution in [3.63, 3.8) is 0 Å². The Morgan fingerprint density at radius 1 is 0.652 bits per heavy atom. The van der Waals surface area contributed by atoms with Gasteiger partial charge in [-0.05, 0) is 97.7 Å². The Morgan fingerprint density at radius 3 is 2.00 bits per heavy atom. The van der Waals surface area contributed by atoms with Crippen LogP contribution in [0.3, 0.4) is 0 Å². The van der Waals surface area contributed by atoms with Gasteiger partial charge in [-0.3, -0.25) is 0 Å². The maximum atomic E-state index is 2.67. The number of hydrogen-bond acceptors (Lipinski definition) is 0. The third kappa shape index (κ3) is 2.71. The van der Waals surface area contributed by atoms with Gasteiger partial charge in [-0.2, -0.15) is 0 Å². The molecular formula is C23H40. The van der Waals surface area contributed by atoms with Gasteiger partial charge >= 0.3 is 0 Å². The Morgan fingerprint density at radius 2 is 1.35 bits per heavy atom. The fourth-order valence-electron chi connectivity index (χ4n) is 7.73. The second-order valence-electron chi connectivity index (χ2n) is 10.3. The van der Waals surface area contributed by atoms with Crippen LogP contribution in [0.25, 0.3) is 0 Å². The van der Waals surface area contributed by atoms with Crippen LogP contribution in [0.2, 0.25) is 0 Å². The molecule has 0 N–H and O–H groups in total. The summed E-state index contributed by atoms with van der Waals surface area (Å²) in [5.74, 6) is 10.6. The topological polar surface area (TPSA) is 0 Å². The van der Waals surface area contributed by atoms with Gasteiger partial charge in [0.15, 0.2) is 0 Å². The highest BCUT2D eigenvalue weighted by Gasteiger charge is 2.50. The largest absolute Gasteiger partial charge is 0.0651 e. The summed E-state index contributed by atoms with van der Waals surface area (Å²) in [4.78, 5) is 0. The standard InChI is InChI=1S/C23H40/c1-5-17-12-23-16(4)21-11-14(2)20(21)8-6-7-18-9-10-19(18)13-22(23)15(17)3/h14-23H,5-13H2,1-4H3/t14-,15?,16?,17?,18?,19?,20?,21?,22?,23?/m0/s1. The fraction of sp³-hybridized carbons (Fsp3) is 1.00. The molecule has 0 heterocycles. The maximum absolute atomic E-state index is 2.67. The molecular weight excluding hydrogens is 276 g/mol. The third-order valence-corrected chi connectivity index (χ3v) is 9.61. The molecule has 0 heteroatoms. The molecule has 0 amide bonds. The lowest BCUT2D eigenvalue weighted by Crippen LogP contribution is -2.42. The molecule has 4 aliphatic carbocycles. The van der Waals surface area contributed by atoms with Crippen molar-refractivity contribution in [2.75, 3.05) is 0 Å². The van der Waals surface area contributed by atoms with Crippen molar-refractivity contribution in [3.8, 4) is 0 Å². The van der Waals surface area contributed by atoms with Gasteiger partial charge < -0.3 is 0 Å². The third-order valence-electron chi connectivity index (χ3n) is 9.61. The van der Waals surface area contributed by atoms with Gasteiger partial charge in [0.05, 0.1) is 0 Å². The van der Waals surface area contributed by atoms with Gasteiger partial charge in [-0.25, -0.2) is 0 Å². The van der Waals surface area contributed by atoms with Crippen LogP contribution in [-0.2, 0) is 0 Å². The van der Waals surface area contributed by atoms with E-state index in [1.807, 2.05) is 0 Å². The molecule has 0 aromatic carbocycles. The minimum atomic E-state index is 1.01. The lowest BCUT2D eigenvalue weighted by atomic mass is 9.56. The normalized spacial score (nSPS) is 56.3. The molecule has 0 saturated heterocycles. The van der Waals surface area contributed by atoms with Crippen LogP contribution in [-0.4, -0.2) is 0 Å². The maximum Gasteiger partial charge on any atom is -0.0352 e. The van der Waals surface area contributed by atoms with Crippen LogP contribution in [0.4, 0.5) is 0 Å². The van der Waals surface area contributed by atoms with E-state index in [9.17, 15) is 0 Å². The number of hydrogen-bond donors (Lipinski definition) is 0. The minimum absolute atomic E-state index is 1.01. The highest BCUT2D eigenvalue weighted by Crippen LogP contribution is 2.58. The van der Waals surface area contributed by atoms with Crippen molar-refractivity contribution in [2.24, 2.45) is 59.2 Å². The van der Waals surface area contributed by atoms with E-state index in [1.54, 1.807) is 51.4 Å². The average Bonchev–Trinajstić information content (AvgIpc) is 2.83. The van der Waals surface area contributed by atoms with Crippen LogP contribution in [0, 0.1) is 59.2 Å². The Bertz CT molecular complexity index is 412. The summed E-state index contributed by atoms with van der Waals surface area (Å²) in [6, 6.07) is 0. The Kier molecular flexibility index (Phi) is 4.57. The van der Waals surface area contributed by atoms with Gasteiger partial charge in [-0.15, -0.1) is 0 Å². The molecule has 0 aromatic rings. The van der Waals surface area contributed by atoms with Crippen molar-refractivity contribution < 1.29 is 0 Å². The molecule has 0 nitrogen and oxygen atoms in total. The molecule has 4 rings (SSSR count). The zero-order valence-electron chi connectivity index (χ0n) is 16.1. The minimum Gasteiger partial charge on any atom is -0.0651 e. The molecule has 10 atom stereocenters. The summed E-state index contributed by atoms with van der Waals surface area (Å²) in [6.07, 6.45) is 13.9. The van der Waals surface area contributed by atoms with Gasteiger partial charge in [0.25, 0.3) is 0 Å². The second-order valence-corrected chi connectivity index (χ2v) is 10.3. The molecule has 0 bridgehead atoms. The van der Waals surface area contributed by atoms with E-state index in [2.05, 4.69) is 27.7 Å². The summed E-state index contributed by atoms with van der Waals surface area (Å²) in [6.45, 7) is 10.3. The van der Waals surface area contributed by atoms with Crippen LogP contribution >= 0.6 is 0 Å². The fourth-order valence-corrected chi connectivity index (χ4v) is 7.73. The first-order chi connectivity index (χ1) is 11.1. The number of rotatable bonds is 1. The average molecular weight is 317 g/mol. The molecule has 132 valence electrons. The van der Waals surface area contributed by atoms with E-state index in [0.29, 0.717) is 0 Å². The summed E-state index contributed by atoms with van der Waals surface area (Å²) >= 11 is 0. The zero-order valence-corrected chi connectivity index (χ0v) is 16.1. The first-order valence-corrected chi connectivity index (χ1v) is 11.1. The summed E-state index contributed by atoms with van der Waals surface area (Å²) in [7, 11) is 0. The molecule has 0 aromatic heterocycles. The van der Waals surface area contributed by atoms with Gasteiger partial charge in [0.1, 0.15) is 0 Å². The lowest BCUT2D eigenvalue weighted by Gasteiger charge is -2.49. The summed E-state index contributed by atoms with van der Waals surface area (Å²) in [5.41, 5.74) is 0. The lowest BCUT2D eigenvalue weighted by molar-refractivity contribution is -0.000943. The highest BCUT2D eigenvalue weighted by molar-refractivity contribution is 4.99. The molecule has 0 aliphatic heterocycles. The molecule has 9 unspecified atom stereocenters. The van der Waals surface area contributed by atoms with E-state index in [4.69, 9.17) is 0 Å². The Labute approximate surface area is 145 Å². The molecule has 4 aliphatic rings. The molecule has 0 spiro atoms. The molecule has 23 heavy (non-hydrogen) atoms.